The summed E-state index contributed by atoms with van der Waals surface area (Å²) in [4.78, 5) is 30.6. The summed E-state index contributed by atoms with van der Waals surface area (Å²) in [6, 6.07) is 13.1. The summed E-state index contributed by atoms with van der Waals surface area (Å²) in [6.45, 7) is 10.1. The van der Waals surface area contributed by atoms with Crippen LogP contribution in [0, 0.1) is 13.8 Å². The number of imide groups is 1. The Kier molecular flexibility index (Phi) is 5.83. The van der Waals surface area contributed by atoms with Gasteiger partial charge >= 0.3 is 0 Å². The first-order chi connectivity index (χ1) is 14.9. The fraction of sp³-hybridized carbons (Fsp3) is 0.360. The second-order valence-corrected chi connectivity index (χ2v) is 8.18. The van der Waals surface area contributed by atoms with Crippen LogP contribution in [0.15, 0.2) is 48.2 Å². The first-order valence-electron chi connectivity index (χ1n) is 10.7. The summed E-state index contributed by atoms with van der Waals surface area (Å²) in [5.74, 6) is 0.159. The van der Waals surface area contributed by atoms with Gasteiger partial charge in [-0.2, -0.15) is 0 Å². The molecule has 1 fully saturated rings. The molecule has 0 aliphatic carbocycles. The number of rotatable bonds is 5. The monoisotopic (exact) mass is 420 g/mol. The number of ether oxygens (including phenoxy) is 2. The lowest BCUT2D eigenvalue weighted by Gasteiger charge is -2.29. The van der Waals surface area contributed by atoms with Crippen molar-refractivity contribution in [2.45, 2.75) is 33.8 Å². The molecule has 0 saturated carbocycles. The molecule has 0 unspecified atom stereocenters. The van der Waals surface area contributed by atoms with E-state index in [0.717, 1.165) is 16.9 Å². The van der Waals surface area contributed by atoms with Crippen molar-refractivity contribution in [1.82, 2.24) is 4.90 Å². The standard InChI is InChI=1S/C25H28N2O4/c1-16(2)31-20-10-8-19(9-11-20)22-23(26-12-14-30-15-13-26)25(29)27(24(22)28)21-7-5-6-17(3)18(21)4/h5-11,16H,12-15H2,1-4H3. The molecule has 0 radical (unpaired) electrons. The van der Waals surface area contributed by atoms with E-state index < -0.39 is 0 Å². The van der Waals surface area contributed by atoms with Crippen LogP contribution in [0.5, 0.6) is 5.75 Å². The Balaban J connectivity index is 1.79. The molecule has 162 valence electrons. The number of carbonyl (C=O) groups excluding carboxylic acids is 2. The molecule has 31 heavy (non-hydrogen) atoms. The molecule has 4 rings (SSSR count). The average Bonchev–Trinajstić information content (AvgIpc) is 3.01. The minimum atomic E-state index is -0.294. The Bertz CT molecular complexity index is 1030. The molecule has 2 aromatic carbocycles. The van der Waals surface area contributed by atoms with E-state index in [-0.39, 0.29) is 17.9 Å². The van der Waals surface area contributed by atoms with Gasteiger partial charge in [-0.05, 0) is 62.6 Å². The number of amides is 2. The van der Waals surface area contributed by atoms with Gasteiger partial charge in [-0.3, -0.25) is 9.59 Å². The zero-order valence-electron chi connectivity index (χ0n) is 18.5. The molecule has 6 nitrogen and oxygen atoms in total. The van der Waals surface area contributed by atoms with Gasteiger partial charge < -0.3 is 14.4 Å². The SMILES string of the molecule is Cc1cccc(N2C(=O)C(c3ccc(OC(C)C)cc3)=C(N3CCOCC3)C2=O)c1C. The number of hydrogen-bond donors (Lipinski definition) is 0. The second kappa shape index (κ2) is 8.55. The van der Waals surface area contributed by atoms with E-state index >= 15 is 0 Å². The van der Waals surface area contributed by atoms with Crippen molar-refractivity contribution in [3.05, 3.63) is 64.9 Å². The Morgan fingerprint density at radius 2 is 1.61 bits per heavy atom. The minimum absolute atomic E-state index is 0.0588. The van der Waals surface area contributed by atoms with Crippen molar-refractivity contribution in [1.29, 1.82) is 0 Å². The molecule has 0 N–H and O–H groups in total. The Morgan fingerprint density at radius 1 is 0.935 bits per heavy atom. The van der Waals surface area contributed by atoms with E-state index in [2.05, 4.69) is 0 Å². The molecule has 0 spiro atoms. The van der Waals surface area contributed by atoms with Crippen molar-refractivity contribution in [2.24, 2.45) is 0 Å². The van der Waals surface area contributed by atoms with Crippen molar-refractivity contribution in [3.8, 4) is 5.75 Å². The van der Waals surface area contributed by atoms with Crippen LogP contribution in [0.4, 0.5) is 5.69 Å². The van der Waals surface area contributed by atoms with E-state index in [4.69, 9.17) is 9.47 Å². The van der Waals surface area contributed by atoms with E-state index in [1.807, 2.05) is 75.1 Å². The van der Waals surface area contributed by atoms with E-state index in [9.17, 15) is 9.59 Å². The largest absolute Gasteiger partial charge is 0.491 e. The zero-order chi connectivity index (χ0) is 22.1. The van der Waals surface area contributed by atoms with Gasteiger partial charge in [0.05, 0.1) is 30.6 Å². The quantitative estimate of drug-likeness (QED) is 0.691. The maximum absolute atomic E-state index is 13.7. The molecule has 0 aromatic heterocycles. The Hall–Kier alpha value is -3.12. The summed E-state index contributed by atoms with van der Waals surface area (Å²) in [5.41, 5.74) is 4.19. The van der Waals surface area contributed by atoms with E-state index in [1.54, 1.807) is 0 Å². The number of hydrogen-bond acceptors (Lipinski definition) is 5. The highest BCUT2D eigenvalue weighted by atomic mass is 16.5. The molecule has 2 amide bonds. The summed E-state index contributed by atoms with van der Waals surface area (Å²) in [7, 11) is 0. The highest BCUT2D eigenvalue weighted by Gasteiger charge is 2.43. The van der Waals surface area contributed by atoms with Gasteiger partial charge in [0.25, 0.3) is 11.8 Å². The zero-order valence-corrected chi connectivity index (χ0v) is 18.5. The average molecular weight is 421 g/mol. The number of nitrogens with zero attached hydrogens (tertiary/aromatic N) is 2. The van der Waals surface area contributed by atoms with Crippen LogP contribution in [0.3, 0.4) is 0 Å². The highest BCUT2D eigenvalue weighted by Crippen LogP contribution is 2.37. The summed E-state index contributed by atoms with van der Waals surface area (Å²) in [6.07, 6.45) is 0.0588. The van der Waals surface area contributed by atoms with Crippen LogP contribution in [0.25, 0.3) is 5.57 Å². The van der Waals surface area contributed by atoms with Crippen LogP contribution in [0.1, 0.15) is 30.5 Å². The normalized spacial score (nSPS) is 17.2. The van der Waals surface area contributed by atoms with Crippen molar-refractivity contribution >= 4 is 23.1 Å². The summed E-state index contributed by atoms with van der Waals surface area (Å²) >= 11 is 0. The second-order valence-electron chi connectivity index (χ2n) is 8.18. The van der Waals surface area contributed by atoms with Crippen LogP contribution >= 0.6 is 0 Å². The third-order valence-electron chi connectivity index (χ3n) is 5.72. The van der Waals surface area contributed by atoms with Gasteiger partial charge in [-0.15, -0.1) is 0 Å². The Morgan fingerprint density at radius 3 is 2.26 bits per heavy atom. The molecule has 0 atom stereocenters. The summed E-state index contributed by atoms with van der Waals surface area (Å²) < 4.78 is 11.2. The van der Waals surface area contributed by atoms with Crippen molar-refractivity contribution in [3.63, 3.8) is 0 Å². The van der Waals surface area contributed by atoms with Crippen molar-refractivity contribution < 1.29 is 19.1 Å². The molecule has 2 aliphatic heterocycles. The highest BCUT2D eigenvalue weighted by molar-refractivity contribution is 6.45. The lowest BCUT2D eigenvalue weighted by Crippen LogP contribution is -2.40. The number of carbonyl (C=O) groups is 2. The van der Waals surface area contributed by atoms with Crippen LogP contribution < -0.4 is 9.64 Å². The lowest BCUT2D eigenvalue weighted by atomic mass is 10.0. The predicted molar refractivity (Wildman–Crippen MR) is 120 cm³/mol. The summed E-state index contributed by atoms with van der Waals surface area (Å²) in [5, 5.41) is 0. The maximum Gasteiger partial charge on any atom is 0.282 e. The first-order valence-corrected chi connectivity index (χ1v) is 10.7. The number of anilines is 1. The molecular weight excluding hydrogens is 392 g/mol. The molecule has 6 heteroatoms. The van der Waals surface area contributed by atoms with Gasteiger partial charge in [0, 0.05) is 13.1 Å². The topological polar surface area (TPSA) is 59.1 Å². The number of benzene rings is 2. The lowest BCUT2D eigenvalue weighted by molar-refractivity contribution is -0.121. The maximum atomic E-state index is 13.7. The van der Waals surface area contributed by atoms with Gasteiger partial charge in [-0.25, -0.2) is 4.90 Å². The van der Waals surface area contributed by atoms with Gasteiger partial charge in [0.1, 0.15) is 11.4 Å². The molecule has 0 bridgehead atoms. The molecule has 2 heterocycles. The van der Waals surface area contributed by atoms with Gasteiger partial charge in [0.15, 0.2) is 0 Å². The van der Waals surface area contributed by atoms with Gasteiger partial charge in [-0.1, -0.05) is 24.3 Å². The third-order valence-corrected chi connectivity index (χ3v) is 5.72. The minimum Gasteiger partial charge on any atom is -0.491 e. The fourth-order valence-electron chi connectivity index (χ4n) is 4.03. The molecule has 2 aromatic rings. The number of morpholine rings is 1. The number of aryl methyl sites for hydroxylation is 1. The molecular formula is C25H28N2O4. The smallest absolute Gasteiger partial charge is 0.282 e. The van der Waals surface area contributed by atoms with E-state index in [1.165, 1.54) is 4.90 Å². The van der Waals surface area contributed by atoms with Gasteiger partial charge in [0.2, 0.25) is 0 Å². The molecule has 2 aliphatic rings. The van der Waals surface area contributed by atoms with Crippen LogP contribution in [-0.4, -0.2) is 49.1 Å². The van der Waals surface area contributed by atoms with Crippen LogP contribution in [0.2, 0.25) is 0 Å². The first kappa shape index (κ1) is 21.1. The predicted octanol–water partition coefficient (Wildman–Crippen LogP) is 3.71. The molecule has 1 saturated heterocycles. The van der Waals surface area contributed by atoms with Crippen LogP contribution in [-0.2, 0) is 14.3 Å². The Labute approximate surface area is 183 Å². The fourth-order valence-corrected chi connectivity index (χ4v) is 4.03. The van der Waals surface area contributed by atoms with E-state index in [0.29, 0.717) is 48.8 Å². The third kappa shape index (κ3) is 3.95. The van der Waals surface area contributed by atoms with Crippen molar-refractivity contribution in [2.75, 3.05) is 31.2 Å².